The summed E-state index contributed by atoms with van der Waals surface area (Å²) in [7, 11) is 0. The van der Waals surface area contributed by atoms with E-state index in [0.29, 0.717) is 23.7 Å². The Kier molecular flexibility index (Phi) is 6.22. The van der Waals surface area contributed by atoms with Crippen LogP contribution >= 0.6 is 0 Å². The first-order chi connectivity index (χ1) is 12.3. The molecule has 26 heavy (non-hydrogen) atoms. The van der Waals surface area contributed by atoms with Crippen molar-refractivity contribution in [1.29, 1.82) is 0 Å². The van der Waals surface area contributed by atoms with Crippen LogP contribution in [0.4, 0.5) is 11.4 Å². The van der Waals surface area contributed by atoms with Crippen molar-refractivity contribution >= 4 is 23.2 Å². The molecule has 4 N–H and O–H groups in total. The van der Waals surface area contributed by atoms with E-state index in [1.54, 1.807) is 12.1 Å². The van der Waals surface area contributed by atoms with Gasteiger partial charge in [-0.3, -0.25) is 9.59 Å². The van der Waals surface area contributed by atoms with Gasteiger partial charge in [0.15, 0.2) is 0 Å². The van der Waals surface area contributed by atoms with Crippen molar-refractivity contribution in [2.75, 3.05) is 17.7 Å². The van der Waals surface area contributed by atoms with Crippen molar-refractivity contribution in [3.05, 3.63) is 53.1 Å². The summed E-state index contributed by atoms with van der Waals surface area (Å²) in [5.41, 5.74) is 9.53. The summed E-state index contributed by atoms with van der Waals surface area (Å²) in [5.74, 6) is -0.812. The molecule has 0 fully saturated rings. The molecular weight excluding hydrogens is 330 g/mol. The Bertz CT molecular complexity index is 818. The fourth-order valence-corrected chi connectivity index (χ4v) is 2.61. The van der Waals surface area contributed by atoms with Gasteiger partial charge in [-0.15, -0.1) is 0 Å². The highest BCUT2D eigenvalue weighted by Crippen LogP contribution is 2.26. The van der Waals surface area contributed by atoms with E-state index in [9.17, 15) is 9.59 Å². The van der Waals surface area contributed by atoms with Gasteiger partial charge in [0, 0.05) is 5.56 Å². The Morgan fingerprint density at radius 1 is 1.08 bits per heavy atom. The smallest absolute Gasteiger partial charge is 0.313 e. The number of benzene rings is 2. The zero-order chi connectivity index (χ0) is 19.3. The van der Waals surface area contributed by atoms with Crippen LogP contribution < -0.4 is 21.1 Å². The molecule has 0 spiro atoms. The van der Waals surface area contributed by atoms with E-state index < -0.39 is 11.8 Å². The molecule has 0 aliphatic carbocycles. The number of amides is 2. The minimum atomic E-state index is -0.766. The third-order valence-electron chi connectivity index (χ3n) is 3.94. The molecule has 2 amide bonds. The van der Waals surface area contributed by atoms with Gasteiger partial charge in [0.1, 0.15) is 5.75 Å². The van der Waals surface area contributed by atoms with Crippen molar-refractivity contribution in [3.63, 3.8) is 0 Å². The van der Waals surface area contributed by atoms with Crippen molar-refractivity contribution < 1.29 is 14.3 Å². The molecule has 0 saturated heterocycles. The lowest BCUT2D eigenvalue weighted by Gasteiger charge is -2.18. The van der Waals surface area contributed by atoms with E-state index in [0.717, 1.165) is 16.7 Å². The molecule has 1 unspecified atom stereocenters. The van der Waals surface area contributed by atoms with Gasteiger partial charge in [-0.25, -0.2) is 0 Å². The van der Waals surface area contributed by atoms with Crippen LogP contribution in [0.15, 0.2) is 36.4 Å². The molecule has 2 rings (SSSR count). The lowest BCUT2D eigenvalue weighted by Crippen LogP contribution is -2.37. The number of nitrogens with one attached hydrogen (secondary N) is 2. The second-order valence-corrected chi connectivity index (χ2v) is 6.21. The molecule has 1 atom stereocenters. The van der Waals surface area contributed by atoms with Gasteiger partial charge in [-0.05, 0) is 51.5 Å². The maximum absolute atomic E-state index is 12.3. The predicted molar refractivity (Wildman–Crippen MR) is 103 cm³/mol. The van der Waals surface area contributed by atoms with Crippen molar-refractivity contribution in [2.24, 2.45) is 0 Å². The lowest BCUT2D eigenvalue weighted by molar-refractivity contribution is -0.136. The zero-order valence-corrected chi connectivity index (χ0v) is 15.6. The molecule has 2 aromatic rings. The highest BCUT2D eigenvalue weighted by atomic mass is 16.5. The fourth-order valence-electron chi connectivity index (χ4n) is 2.61. The number of carbonyl (C=O) groups is 2. The summed E-state index contributed by atoms with van der Waals surface area (Å²) in [6.07, 6.45) is 0. The van der Waals surface area contributed by atoms with Gasteiger partial charge in [0.25, 0.3) is 0 Å². The third kappa shape index (κ3) is 4.75. The van der Waals surface area contributed by atoms with Crippen LogP contribution in [-0.2, 0) is 9.59 Å². The SMILES string of the molecule is CCOc1ccc(C)cc1C(C)NC(=O)C(=O)Nc1ccc(C)cc1N. The molecular formula is C20H25N3O3. The van der Waals surface area contributed by atoms with Crippen LogP contribution in [0, 0.1) is 13.8 Å². The van der Waals surface area contributed by atoms with Gasteiger partial charge >= 0.3 is 11.8 Å². The lowest BCUT2D eigenvalue weighted by atomic mass is 10.0. The average Bonchev–Trinajstić information content (AvgIpc) is 2.58. The highest BCUT2D eigenvalue weighted by molar-refractivity contribution is 6.40. The van der Waals surface area contributed by atoms with Crippen LogP contribution in [0.3, 0.4) is 0 Å². The minimum Gasteiger partial charge on any atom is -0.494 e. The topological polar surface area (TPSA) is 93.4 Å². The maximum Gasteiger partial charge on any atom is 0.313 e. The number of nitrogen functional groups attached to an aromatic ring is 1. The first kappa shape index (κ1) is 19.3. The Morgan fingerprint density at radius 2 is 1.73 bits per heavy atom. The number of rotatable bonds is 5. The summed E-state index contributed by atoms with van der Waals surface area (Å²) >= 11 is 0. The number of nitrogens with two attached hydrogens (primary N) is 1. The summed E-state index contributed by atoms with van der Waals surface area (Å²) in [5, 5.41) is 5.24. The van der Waals surface area contributed by atoms with E-state index in [4.69, 9.17) is 10.5 Å². The van der Waals surface area contributed by atoms with E-state index in [1.165, 1.54) is 0 Å². The second kappa shape index (κ2) is 8.38. The molecule has 0 aliphatic rings. The quantitative estimate of drug-likeness (QED) is 0.567. The maximum atomic E-state index is 12.3. The Morgan fingerprint density at radius 3 is 2.38 bits per heavy atom. The molecule has 6 heteroatoms. The first-order valence-electron chi connectivity index (χ1n) is 8.53. The van der Waals surface area contributed by atoms with Gasteiger partial charge in [0.05, 0.1) is 24.0 Å². The fraction of sp³-hybridized carbons (Fsp3) is 0.300. The van der Waals surface area contributed by atoms with Crippen LogP contribution in [0.1, 0.15) is 36.6 Å². The summed E-state index contributed by atoms with van der Waals surface area (Å²) < 4.78 is 5.61. The van der Waals surface area contributed by atoms with Crippen LogP contribution in [0.5, 0.6) is 5.75 Å². The van der Waals surface area contributed by atoms with E-state index in [-0.39, 0.29) is 6.04 Å². The minimum absolute atomic E-state index is 0.384. The Labute approximate surface area is 153 Å². The van der Waals surface area contributed by atoms with Crippen LogP contribution in [0.2, 0.25) is 0 Å². The molecule has 2 aromatic carbocycles. The third-order valence-corrected chi connectivity index (χ3v) is 3.94. The van der Waals surface area contributed by atoms with E-state index in [2.05, 4.69) is 10.6 Å². The van der Waals surface area contributed by atoms with Crippen LogP contribution in [-0.4, -0.2) is 18.4 Å². The van der Waals surface area contributed by atoms with Crippen molar-refractivity contribution in [3.8, 4) is 5.75 Å². The van der Waals surface area contributed by atoms with E-state index in [1.807, 2.05) is 52.0 Å². The van der Waals surface area contributed by atoms with Crippen molar-refractivity contribution in [2.45, 2.75) is 33.7 Å². The monoisotopic (exact) mass is 355 g/mol. The molecule has 0 heterocycles. The average molecular weight is 355 g/mol. The number of anilines is 2. The molecule has 138 valence electrons. The number of ether oxygens (including phenoxy) is 1. The standard InChI is InChI=1S/C20H25N3O3/c1-5-26-18-9-7-12(2)10-15(18)14(4)22-19(24)20(25)23-17-8-6-13(3)11-16(17)21/h6-11,14H,5,21H2,1-4H3,(H,22,24)(H,23,25). The summed E-state index contributed by atoms with van der Waals surface area (Å²) in [6.45, 7) is 8.08. The van der Waals surface area contributed by atoms with Gasteiger partial charge in [-0.1, -0.05) is 23.8 Å². The van der Waals surface area contributed by atoms with Crippen LogP contribution in [0.25, 0.3) is 0 Å². The normalized spacial score (nSPS) is 11.5. The van der Waals surface area contributed by atoms with Gasteiger partial charge in [0.2, 0.25) is 0 Å². The molecule has 0 bridgehead atoms. The molecule has 0 saturated carbocycles. The molecule has 0 radical (unpaired) electrons. The number of aryl methyl sites for hydroxylation is 2. The number of hydrogen-bond acceptors (Lipinski definition) is 4. The summed E-state index contributed by atoms with van der Waals surface area (Å²) in [6, 6.07) is 10.6. The Balaban J connectivity index is 2.09. The van der Waals surface area contributed by atoms with Gasteiger partial charge in [-0.2, -0.15) is 0 Å². The van der Waals surface area contributed by atoms with Crippen molar-refractivity contribution in [1.82, 2.24) is 5.32 Å². The molecule has 0 aliphatic heterocycles. The Hall–Kier alpha value is -3.02. The molecule has 6 nitrogen and oxygen atoms in total. The summed E-state index contributed by atoms with van der Waals surface area (Å²) in [4.78, 5) is 24.4. The number of hydrogen-bond donors (Lipinski definition) is 3. The zero-order valence-electron chi connectivity index (χ0n) is 15.6. The second-order valence-electron chi connectivity index (χ2n) is 6.21. The molecule has 0 aromatic heterocycles. The van der Waals surface area contributed by atoms with E-state index >= 15 is 0 Å². The van der Waals surface area contributed by atoms with Gasteiger partial charge < -0.3 is 21.1 Å². The highest BCUT2D eigenvalue weighted by Gasteiger charge is 2.20. The first-order valence-corrected chi connectivity index (χ1v) is 8.53. The number of carbonyl (C=O) groups excluding carboxylic acids is 2. The predicted octanol–water partition coefficient (Wildman–Crippen LogP) is 3.10. The largest absolute Gasteiger partial charge is 0.494 e.